The molecule has 0 aliphatic carbocycles. The van der Waals surface area contributed by atoms with E-state index in [-0.39, 0.29) is 12.5 Å². The van der Waals surface area contributed by atoms with Crippen LogP contribution in [-0.2, 0) is 4.79 Å². The highest BCUT2D eigenvalue weighted by molar-refractivity contribution is 7.17. The van der Waals surface area contributed by atoms with Gasteiger partial charge in [0.2, 0.25) is 0 Å². The van der Waals surface area contributed by atoms with Gasteiger partial charge in [-0.3, -0.25) is 24.8 Å². The summed E-state index contributed by atoms with van der Waals surface area (Å²) in [5, 5.41) is 6.21. The maximum Gasteiger partial charge on any atom is 0.273 e. The van der Waals surface area contributed by atoms with E-state index in [9.17, 15) is 14.4 Å². The summed E-state index contributed by atoms with van der Waals surface area (Å²) in [5.41, 5.74) is 3.29. The third-order valence-electron chi connectivity index (χ3n) is 4.36. The number of benzene rings is 2. The molecule has 0 aliphatic rings. The van der Waals surface area contributed by atoms with Crippen molar-refractivity contribution >= 4 is 39.1 Å². The van der Waals surface area contributed by atoms with Gasteiger partial charge in [0.15, 0.2) is 11.5 Å². The summed E-state index contributed by atoms with van der Waals surface area (Å²) in [4.78, 5) is 37.1. The van der Waals surface area contributed by atoms with Gasteiger partial charge in [-0.15, -0.1) is 11.3 Å². The van der Waals surface area contributed by atoms with Crippen LogP contribution < -0.4 is 20.2 Å². The van der Waals surface area contributed by atoms with Crippen molar-refractivity contribution in [2.24, 2.45) is 0 Å². The summed E-state index contributed by atoms with van der Waals surface area (Å²) in [7, 11) is 4.43. The first-order chi connectivity index (χ1) is 14.4. The number of carbonyl (C=O) groups excluding carboxylic acids is 3. The van der Waals surface area contributed by atoms with E-state index >= 15 is 0 Å². The van der Waals surface area contributed by atoms with Crippen LogP contribution in [0.4, 0.5) is 0 Å². The van der Waals surface area contributed by atoms with Crippen molar-refractivity contribution in [2.45, 2.75) is 0 Å². The van der Waals surface area contributed by atoms with Crippen molar-refractivity contribution in [3.05, 3.63) is 59.0 Å². The maximum absolute atomic E-state index is 12.7. The molecular formula is C21H21N3O5S. The molecule has 0 aliphatic heterocycles. The number of rotatable bonds is 6. The molecule has 0 atom stereocenters. The quantitative estimate of drug-likeness (QED) is 0.589. The zero-order chi connectivity index (χ0) is 21.7. The number of hydrogen-bond acceptors (Lipinski definition) is 6. The summed E-state index contributed by atoms with van der Waals surface area (Å²) in [6.07, 6.45) is 0. The smallest absolute Gasteiger partial charge is 0.273 e. The molecule has 3 amide bonds. The van der Waals surface area contributed by atoms with Crippen LogP contribution in [0.5, 0.6) is 11.5 Å². The number of hydrazine groups is 1. The average Bonchev–Trinajstić information content (AvgIpc) is 3.20. The molecule has 3 rings (SSSR count). The Bertz CT molecular complexity index is 1100. The molecule has 9 heteroatoms. The third-order valence-corrected chi connectivity index (χ3v) is 5.33. The van der Waals surface area contributed by atoms with Crippen LogP contribution in [0.25, 0.3) is 10.1 Å². The number of amides is 3. The normalized spacial score (nSPS) is 10.4. The van der Waals surface area contributed by atoms with Crippen molar-refractivity contribution in [3.63, 3.8) is 0 Å². The van der Waals surface area contributed by atoms with Gasteiger partial charge in [-0.1, -0.05) is 18.2 Å². The topological polar surface area (TPSA) is 97.0 Å². The Morgan fingerprint density at radius 1 is 1.03 bits per heavy atom. The zero-order valence-corrected chi connectivity index (χ0v) is 17.5. The summed E-state index contributed by atoms with van der Waals surface area (Å²) in [5.74, 6) is -0.425. The lowest BCUT2D eigenvalue weighted by Gasteiger charge is -2.18. The molecule has 2 aromatic carbocycles. The molecule has 8 nitrogen and oxygen atoms in total. The number of carbonyl (C=O) groups is 3. The lowest BCUT2D eigenvalue weighted by Crippen LogP contribution is -2.47. The Morgan fingerprint density at radius 3 is 2.50 bits per heavy atom. The highest BCUT2D eigenvalue weighted by Crippen LogP contribution is 2.27. The Morgan fingerprint density at radius 2 is 1.77 bits per heavy atom. The molecule has 0 radical (unpaired) electrons. The first-order valence-electron chi connectivity index (χ1n) is 8.98. The predicted molar refractivity (Wildman–Crippen MR) is 114 cm³/mol. The fourth-order valence-corrected chi connectivity index (χ4v) is 3.78. The molecule has 3 aromatic rings. The van der Waals surface area contributed by atoms with E-state index in [0.29, 0.717) is 22.6 Å². The molecule has 156 valence electrons. The summed E-state index contributed by atoms with van der Waals surface area (Å²) in [6, 6.07) is 12.2. The number of nitrogens with zero attached hydrogens (tertiary/aromatic N) is 1. The number of fused-ring (bicyclic) bond motifs is 1. The summed E-state index contributed by atoms with van der Waals surface area (Å²) < 4.78 is 11.3. The fourth-order valence-electron chi connectivity index (χ4n) is 2.84. The molecule has 0 fully saturated rings. The van der Waals surface area contributed by atoms with E-state index in [1.165, 1.54) is 38.7 Å². The van der Waals surface area contributed by atoms with Crippen molar-refractivity contribution in [2.75, 3.05) is 27.8 Å². The van der Waals surface area contributed by atoms with Crippen molar-refractivity contribution in [3.8, 4) is 11.5 Å². The van der Waals surface area contributed by atoms with Crippen LogP contribution in [-0.4, -0.2) is 50.5 Å². The Kier molecular flexibility index (Phi) is 6.53. The fraction of sp³-hybridized carbons (Fsp3) is 0.190. The molecule has 0 spiro atoms. The van der Waals surface area contributed by atoms with E-state index < -0.39 is 11.8 Å². The Labute approximate surface area is 177 Å². The standard InChI is InChI=1S/C21H21N3O5S/c1-24(21(27)15-12-30-18-7-5-4-6-14(15)18)23-19(25)11-22-20(26)13-8-9-16(28-2)17(10-13)29-3/h4-10,12H,11H2,1-3H3,(H,22,26)(H,23,25). The van der Waals surface area contributed by atoms with Crippen LogP contribution in [0.1, 0.15) is 20.7 Å². The molecule has 0 saturated carbocycles. The molecular weight excluding hydrogens is 406 g/mol. The van der Waals surface area contributed by atoms with Crippen molar-refractivity contribution in [1.29, 1.82) is 0 Å². The number of ether oxygens (including phenoxy) is 2. The second kappa shape index (κ2) is 9.27. The van der Waals surface area contributed by atoms with Gasteiger partial charge in [0.1, 0.15) is 0 Å². The highest BCUT2D eigenvalue weighted by Gasteiger charge is 2.18. The van der Waals surface area contributed by atoms with E-state index in [1.54, 1.807) is 17.5 Å². The van der Waals surface area contributed by atoms with Gasteiger partial charge < -0.3 is 14.8 Å². The molecule has 30 heavy (non-hydrogen) atoms. The van der Waals surface area contributed by atoms with Gasteiger partial charge in [-0.25, -0.2) is 0 Å². The Balaban J connectivity index is 1.57. The van der Waals surface area contributed by atoms with Crippen LogP contribution in [0.15, 0.2) is 47.8 Å². The van der Waals surface area contributed by atoms with Crippen molar-refractivity contribution in [1.82, 2.24) is 15.8 Å². The minimum Gasteiger partial charge on any atom is -0.493 e. The number of nitrogens with one attached hydrogen (secondary N) is 2. The Hall–Kier alpha value is -3.59. The van der Waals surface area contributed by atoms with Gasteiger partial charge in [0, 0.05) is 28.1 Å². The first kappa shape index (κ1) is 21.1. The number of hydrogen-bond donors (Lipinski definition) is 2. The average molecular weight is 427 g/mol. The lowest BCUT2D eigenvalue weighted by molar-refractivity contribution is -0.123. The van der Waals surface area contributed by atoms with Gasteiger partial charge in [0.25, 0.3) is 17.7 Å². The second-order valence-corrected chi connectivity index (χ2v) is 7.21. The summed E-state index contributed by atoms with van der Waals surface area (Å²) in [6.45, 7) is -0.296. The summed E-state index contributed by atoms with van der Waals surface area (Å²) >= 11 is 1.46. The minimum atomic E-state index is -0.529. The van der Waals surface area contributed by atoms with Crippen molar-refractivity contribution < 1.29 is 23.9 Å². The molecule has 0 unspecified atom stereocenters. The monoisotopic (exact) mass is 427 g/mol. The van der Waals surface area contributed by atoms with Gasteiger partial charge in [0.05, 0.1) is 26.3 Å². The lowest BCUT2D eigenvalue weighted by atomic mass is 10.1. The molecule has 1 aromatic heterocycles. The SMILES string of the molecule is COc1ccc(C(=O)NCC(=O)NN(C)C(=O)c2csc3ccccc23)cc1OC. The molecule has 1 heterocycles. The van der Waals surface area contributed by atoms with Gasteiger partial charge in [-0.05, 0) is 24.3 Å². The second-order valence-electron chi connectivity index (χ2n) is 6.30. The van der Waals surface area contributed by atoms with E-state index in [1.807, 2.05) is 24.3 Å². The van der Waals surface area contributed by atoms with Crippen LogP contribution >= 0.6 is 11.3 Å². The zero-order valence-electron chi connectivity index (χ0n) is 16.7. The maximum atomic E-state index is 12.7. The largest absolute Gasteiger partial charge is 0.493 e. The highest BCUT2D eigenvalue weighted by atomic mass is 32.1. The van der Waals surface area contributed by atoms with E-state index in [0.717, 1.165) is 15.1 Å². The van der Waals surface area contributed by atoms with Crippen LogP contribution in [0.3, 0.4) is 0 Å². The first-order valence-corrected chi connectivity index (χ1v) is 9.86. The van der Waals surface area contributed by atoms with Gasteiger partial charge in [-0.2, -0.15) is 0 Å². The predicted octanol–water partition coefficient (Wildman–Crippen LogP) is 2.45. The molecule has 0 bridgehead atoms. The van der Waals surface area contributed by atoms with Gasteiger partial charge >= 0.3 is 0 Å². The molecule has 0 saturated heterocycles. The molecule has 2 N–H and O–H groups in total. The van der Waals surface area contributed by atoms with E-state index in [2.05, 4.69) is 10.7 Å². The third kappa shape index (κ3) is 4.52. The number of thiophene rings is 1. The van der Waals surface area contributed by atoms with E-state index in [4.69, 9.17) is 9.47 Å². The number of methoxy groups -OCH3 is 2. The van der Waals surface area contributed by atoms with Crippen LogP contribution in [0, 0.1) is 0 Å². The minimum absolute atomic E-state index is 0.296. The van der Waals surface area contributed by atoms with Crippen LogP contribution in [0.2, 0.25) is 0 Å².